The van der Waals surface area contributed by atoms with Crippen molar-refractivity contribution in [2.75, 3.05) is 13.1 Å². The molecule has 3 N–H and O–H groups in total. The second-order valence-corrected chi connectivity index (χ2v) is 6.14. The van der Waals surface area contributed by atoms with Crippen molar-refractivity contribution >= 4 is 11.8 Å². The number of nitrogens with zero attached hydrogens (tertiary/aromatic N) is 1. The smallest absolute Gasteiger partial charge is 0.225 e. The number of piperidine rings is 1. The minimum atomic E-state index is -0.311. The van der Waals surface area contributed by atoms with Gasteiger partial charge >= 0.3 is 0 Å². The molecule has 2 aliphatic rings. The third-order valence-electron chi connectivity index (χ3n) is 3.90. The van der Waals surface area contributed by atoms with Crippen LogP contribution in [0.5, 0.6) is 0 Å². The Kier molecular flexibility index (Phi) is 3.61. The average Bonchev–Trinajstić information content (AvgIpc) is 2.67. The number of carbonyl (C=O) groups excluding carboxylic acids is 2. The Morgan fingerprint density at radius 1 is 1.56 bits per heavy atom. The summed E-state index contributed by atoms with van der Waals surface area (Å²) >= 11 is 0. The summed E-state index contributed by atoms with van der Waals surface area (Å²) in [6, 6.07) is 0.0691. The first kappa shape index (κ1) is 13.3. The van der Waals surface area contributed by atoms with Crippen LogP contribution in [-0.2, 0) is 9.59 Å². The predicted molar refractivity (Wildman–Crippen MR) is 68.7 cm³/mol. The summed E-state index contributed by atoms with van der Waals surface area (Å²) in [6.07, 6.45) is 2.98. The third-order valence-corrected chi connectivity index (χ3v) is 3.90. The van der Waals surface area contributed by atoms with Crippen molar-refractivity contribution < 1.29 is 9.59 Å². The van der Waals surface area contributed by atoms with Gasteiger partial charge in [-0.05, 0) is 33.1 Å². The zero-order valence-corrected chi connectivity index (χ0v) is 11.2. The van der Waals surface area contributed by atoms with Crippen LogP contribution >= 0.6 is 0 Å². The summed E-state index contributed by atoms with van der Waals surface area (Å²) in [6.45, 7) is 5.25. The quantitative estimate of drug-likeness (QED) is 0.756. The number of rotatable bonds is 3. The van der Waals surface area contributed by atoms with Crippen molar-refractivity contribution in [1.82, 2.24) is 10.2 Å². The lowest BCUT2D eigenvalue weighted by Gasteiger charge is -2.36. The first-order valence-electron chi connectivity index (χ1n) is 6.74. The standard InChI is InChI=1S/C13H23N3O2/c1-13(2,14)6-5-11(17)16-7-3-4-9-10(16)8-15-12(9)18/h9-10H,3-8,14H2,1-2H3,(H,15,18). The van der Waals surface area contributed by atoms with Gasteiger partial charge in [0, 0.05) is 25.0 Å². The minimum Gasteiger partial charge on any atom is -0.354 e. The van der Waals surface area contributed by atoms with Crippen molar-refractivity contribution in [1.29, 1.82) is 0 Å². The van der Waals surface area contributed by atoms with Gasteiger partial charge in [-0.2, -0.15) is 0 Å². The molecule has 0 spiro atoms. The van der Waals surface area contributed by atoms with Crippen LogP contribution in [0.3, 0.4) is 0 Å². The van der Waals surface area contributed by atoms with Gasteiger partial charge in [0.05, 0.1) is 12.0 Å². The van der Waals surface area contributed by atoms with Gasteiger partial charge in [-0.1, -0.05) is 0 Å². The van der Waals surface area contributed by atoms with E-state index in [1.807, 2.05) is 18.7 Å². The zero-order valence-electron chi connectivity index (χ0n) is 11.2. The number of hydrogen-bond donors (Lipinski definition) is 2. The van der Waals surface area contributed by atoms with Crippen molar-refractivity contribution in [2.45, 2.75) is 51.1 Å². The van der Waals surface area contributed by atoms with Gasteiger partial charge in [0.15, 0.2) is 0 Å². The van der Waals surface area contributed by atoms with Crippen LogP contribution in [0, 0.1) is 5.92 Å². The first-order valence-corrected chi connectivity index (χ1v) is 6.74. The van der Waals surface area contributed by atoms with Crippen LogP contribution in [0.2, 0.25) is 0 Å². The molecule has 18 heavy (non-hydrogen) atoms. The lowest BCUT2D eigenvalue weighted by molar-refractivity contribution is -0.137. The minimum absolute atomic E-state index is 0.00795. The summed E-state index contributed by atoms with van der Waals surface area (Å²) in [4.78, 5) is 25.7. The molecule has 2 atom stereocenters. The summed E-state index contributed by atoms with van der Waals surface area (Å²) < 4.78 is 0. The molecule has 0 aromatic rings. The molecule has 2 saturated heterocycles. The molecule has 2 fully saturated rings. The van der Waals surface area contributed by atoms with Crippen molar-refractivity contribution in [3.8, 4) is 0 Å². The van der Waals surface area contributed by atoms with Gasteiger partial charge in [-0.25, -0.2) is 0 Å². The van der Waals surface area contributed by atoms with E-state index in [9.17, 15) is 9.59 Å². The third kappa shape index (κ3) is 2.83. The van der Waals surface area contributed by atoms with Crippen LogP contribution in [0.15, 0.2) is 0 Å². The van der Waals surface area contributed by atoms with E-state index in [4.69, 9.17) is 5.73 Å². The highest BCUT2D eigenvalue weighted by Crippen LogP contribution is 2.28. The van der Waals surface area contributed by atoms with Gasteiger partial charge in [0.1, 0.15) is 0 Å². The Hall–Kier alpha value is -1.10. The maximum Gasteiger partial charge on any atom is 0.225 e. The van der Waals surface area contributed by atoms with Gasteiger partial charge in [0.25, 0.3) is 0 Å². The van der Waals surface area contributed by atoms with Crippen molar-refractivity contribution in [3.05, 3.63) is 0 Å². The molecular weight excluding hydrogens is 230 g/mol. The van der Waals surface area contributed by atoms with Crippen LogP contribution in [0.1, 0.15) is 39.5 Å². The van der Waals surface area contributed by atoms with Gasteiger partial charge < -0.3 is 16.0 Å². The molecular formula is C13H23N3O2. The predicted octanol–water partition coefficient (Wildman–Crippen LogP) is 0.241. The fourth-order valence-electron chi connectivity index (χ4n) is 2.83. The fraction of sp³-hybridized carbons (Fsp3) is 0.846. The van der Waals surface area contributed by atoms with E-state index in [0.717, 1.165) is 19.4 Å². The van der Waals surface area contributed by atoms with Crippen LogP contribution in [-0.4, -0.2) is 41.4 Å². The number of carbonyl (C=O) groups is 2. The molecule has 0 bridgehead atoms. The van der Waals surface area contributed by atoms with Crippen LogP contribution in [0.25, 0.3) is 0 Å². The maximum atomic E-state index is 12.2. The van der Waals surface area contributed by atoms with E-state index in [2.05, 4.69) is 5.32 Å². The first-order chi connectivity index (χ1) is 8.38. The number of likely N-dealkylation sites (tertiary alicyclic amines) is 1. The molecule has 5 nitrogen and oxygen atoms in total. The molecule has 5 heteroatoms. The van der Waals surface area contributed by atoms with Gasteiger partial charge in [0.2, 0.25) is 11.8 Å². The maximum absolute atomic E-state index is 12.2. The number of hydrogen-bond acceptors (Lipinski definition) is 3. The number of fused-ring (bicyclic) bond motifs is 1. The molecule has 2 unspecified atom stereocenters. The second kappa shape index (κ2) is 4.88. The van der Waals surface area contributed by atoms with E-state index in [0.29, 0.717) is 19.4 Å². The van der Waals surface area contributed by atoms with Crippen LogP contribution in [0.4, 0.5) is 0 Å². The lowest BCUT2D eigenvalue weighted by atomic mass is 9.90. The molecule has 0 aromatic heterocycles. The molecule has 0 aromatic carbocycles. The van der Waals surface area contributed by atoms with Crippen molar-refractivity contribution in [2.24, 2.45) is 11.7 Å². The van der Waals surface area contributed by atoms with E-state index in [1.165, 1.54) is 0 Å². The Balaban J connectivity index is 1.95. The largest absolute Gasteiger partial charge is 0.354 e. The molecule has 102 valence electrons. The Bertz CT molecular complexity index is 349. The normalized spacial score (nSPS) is 27.9. The highest BCUT2D eigenvalue weighted by atomic mass is 16.2. The molecule has 0 aliphatic carbocycles. The number of amides is 2. The van der Waals surface area contributed by atoms with Crippen LogP contribution < -0.4 is 11.1 Å². The van der Waals surface area contributed by atoms with E-state index in [1.54, 1.807) is 0 Å². The molecule has 0 radical (unpaired) electrons. The fourth-order valence-corrected chi connectivity index (χ4v) is 2.83. The Morgan fingerprint density at radius 3 is 2.94 bits per heavy atom. The average molecular weight is 253 g/mol. The van der Waals surface area contributed by atoms with E-state index >= 15 is 0 Å². The topological polar surface area (TPSA) is 75.4 Å². The number of nitrogens with one attached hydrogen (secondary N) is 1. The lowest BCUT2D eigenvalue weighted by Crippen LogP contribution is -2.49. The van der Waals surface area contributed by atoms with Crippen molar-refractivity contribution in [3.63, 3.8) is 0 Å². The molecule has 0 saturated carbocycles. The molecule has 2 amide bonds. The highest BCUT2D eigenvalue weighted by Gasteiger charge is 2.42. The zero-order chi connectivity index (χ0) is 13.3. The summed E-state index contributed by atoms with van der Waals surface area (Å²) in [7, 11) is 0. The molecule has 2 aliphatic heterocycles. The summed E-state index contributed by atoms with van der Waals surface area (Å²) in [5, 5.41) is 2.86. The van der Waals surface area contributed by atoms with E-state index < -0.39 is 0 Å². The Morgan fingerprint density at radius 2 is 2.28 bits per heavy atom. The monoisotopic (exact) mass is 253 g/mol. The second-order valence-electron chi connectivity index (χ2n) is 6.14. The Labute approximate surface area is 108 Å². The molecule has 2 rings (SSSR count). The SMILES string of the molecule is CC(C)(N)CCC(=O)N1CCCC2C(=O)NCC21. The van der Waals surface area contributed by atoms with Gasteiger partial charge in [-0.15, -0.1) is 0 Å². The highest BCUT2D eigenvalue weighted by molar-refractivity contribution is 5.84. The van der Waals surface area contributed by atoms with Gasteiger partial charge in [-0.3, -0.25) is 9.59 Å². The number of nitrogens with two attached hydrogens (primary N) is 1. The summed E-state index contributed by atoms with van der Waals surface area (Å²) in [5.74, 6) is 0.255. The molecule has 2 heterocycles. The van der Waals surface area contributed by atoms with E-state index in [-0.39, 0.29) is 29.3 Å². The summed E-state index contributed by atoms with van der Waals surface area (Å²) in [5.41, 5.74) is 5.59.